The molecular weight excluding hydrogens is 221 g/mol. The minimum Gasteiger partial charge on any atom is -0.378 e. The number of alkyl halides is 2. The van der Waals surface area contributed by atoms with E-state index in [1.54, 1.807) is 0 Å². The van der Waals surface area contributed by atoms with Gasteiger partial charge in [0.25, 0.3) is 0 Å². The van der Waals surface area contributed by atoms with E-state index in [0.29, 0.717) is 17.9 Å². The molecule has 0 saturated carbocycles. The zero-order chi connectivity index (χ0) is 10.4. The van der Waals surface area contributed by atoms with E-state index in [4.69, 9.17) is 27.9 Å². The van der Waals surface area contributed by atoms with Gasteiger partial charge in [-0.25, -0.2) is 0 Å². The number of hydrogen-bond acceptors (Lipinski definition) is 2. The molecule has 1 saturated heterocycles. The molecule has 0 aromatic heterocycles. The lowest BCUT2D eigenvalue weighted by molar-refractivity contribution is 0.103. The summed E-state index contributed by atoms with van der Waals surface area (Å²) in [6, 6.07) is 0. The molecular formula is C10H19Cl2NO. The van der Waals surface area contributed by atoms with Crippen molar-refractivity contribution in [3.05, 3.63) is 0 Å². The van der Waals surface area contributed by atoms with Gasteiger partial charge in [0, 0.05) is 23.9 Å². The fraction of sp³-hybridized carbons (Fsp3) is 1.00. The van der Waals surface area contributed by atoms with E-state index in [0.717, 1.165) is 19.6 Å². The Balaban J connectivity index is 2.12. The van der Waals surface area contributed by atoms with E-state index in [1.165, 1.54) is 12.8 Å². The maximum absolute atomic E-state index is 5.83. The molecule has 2 nitrogen and oxygen atoms in total. The van der Waals surface area contributed by atoms with Gasteiger partial charge in [-0.2, -0.15) is 0 Å². The Morgan fingerprint density at radius 2 is 2.14 bits per heavy atom. The van der Waals surface area contributed by atoms with Crippen LogP contribution in [0, 0.1) is 0 Å². The van der Waals surface area contributed by atoms with E-state index in [9.17, 15) is 0 Å². The lowest BCUT2D eigenvalue weighted by Gasteiger charge is -2.26. The van der Waals surface area contributed by atoms with Crippen LogP contribution in [0.5, 0.6) is 0 Å². The van der Waals surface area contributed by atoms with Gasteiger partial charge in [0.1, 0.15) is 0 Å². The van der Waals surface area contributed by atoms with Crippen molar-refractivity contribution >= 4 is 23.2 Å². The van der Waals surface area contributed by atoms with Gasteiger partial charge < -0.3 is 10.1 Å². The van der Waals surface area contributed by atoms with Gasteiger partial charge >= 0.3 is 0 Å². The van der Waals surface area contributed by atoms with E-state index in [2.05, 4.69) is 5.32 Å². The van der Waals surface area contributed by atoms with Crippen LogP contribution in [0.1, 0.15) is 26.2 Å². The van der Waals surface area contributed by atoms with Crippen LogP contribution in [-0.4, -0.2) is 36.6 Å². The average Bonchev–Trinajstić information content (AvgIpc) is 2.70. The quantitative estimate of drug-likeness (QED) is 0.720. The first-order valence-corrected chi connectivity index (χ1v) is 6.26. The number of ether oxygens (including phenoxy) is 1. The lowest BCUT2D eigenvalue weighted by atomic mass is 10.1. The molecule has 1 unspecified atom stereocenters. The summed E-state index contributed by atoms with van der Waals surface area (Å²) in [6.07, 6.45) is 3.90. The summed E-state index contributed by atoms with van der Waals surface area (Å²) in [5.74, 6) is 1.09. The molecule has 1 aliphatic rings. The third-order valence-corrected chi connectivity index (χ3v) is 3.81. The van der Waals surface area contributed by atoms with Crippen molar-refractivity contribution in [1.29, 1.82) is 0 Å². The monoisotopic (exact) mass is 239 g/mol. The molecule has 0 spiro atoms. The molecule has 0 bridgehead atoms. The highest BCUT2D eigenvalue weighted by Crippen LogP contribution is 2.15. The lowest BCUT2D eigenvalue weighted by Crippen LogP contribution is -2.46. The maximum Gasteiger partial charge on any atom is 0.0588 e. The van der Waals surface area contributed by atoms with Crippen molar-refractivity contribution in [2.75, 3.05) is 24.9 Å². The fourth-order valence-corrected chi connectivity index (χ4v) is 2.01. The van der Waals surface area contributed by atoms with Gasteiger partial charge in [0.05, 0.1) is 6.10 Å². The summed E-state index contributed by atoms with van der Waals surface area (Å²) in [6.45, 7) is 3.90. The SMILES string of the molecule is CC(CCl)(CCl)NCCC1CCCO1. The topological polar surface area (TPSA) is 21.3 Å². The van der Waals surface area contributed by atoms with Gasteiger partial charge in [-0.1, -0.05) is 0 Å². The second-order valence-corrected chi connectivity index (χ2v) is 4.71. The van der Waals surface area contributed by atoms with Gasteiger partial charge in [-0.05, 0) is 32.7 Å². The molecule has 0 aromatic rings. The maximum atomic E-state index is 5.83. The number of nitrogens with one attached hydrogen (secondary N) is 1. The van der Waals surface area contributed by atoms with Gasteiger partial charge in [0.2, 0.25) is 0 Å². The number of hydrogen-bond donors (Lipinski definition) is 1. The van der Waals surface area contributed by atoms with Crippen molar-refractivity contribution < 1.29 is 4.74 Å². The Kier molecular flexibility index (Phi) is 5.53. The third kappa shape index (κ3) is 3.93. The van der Waals surface area contributed by atoms with Crippen molar-refractivity contribution in [2.24, 2.45) is 0 Å². The van der Waals surface area contributed by atoms with Crippen molar-refractivity contribution in [2.45, 2.75) is 37.8 Å². The number of rotatable bonds is 6. The molecule has 1 rings (SSSR count). The molecule has 0 aliphatic carbocycles. The molecule has 1 aliphatic heterocycles. The molecule has 14 heavy (non-hydrogen) atoms. The summed E-state index contributed by atoms with van der Waals surface area (Å²) in [7, 11) is 0. The highest BCUT2D eigenvalue weighted by molar-refractivity contribution is 6.22. The van der Waals surface area contributed by atoms with Gasteiger partial charge in [-0.15, -0.1) is 23.2 Å². The van der Waals surface area contributed by atoms with Crippen LogP contribution in [0.2, 0.25) is 0 Å². The first kappa shape index (κ1) is 12.6. The van der Waals surface area contributed by atoms with Crippen LogP contribution in [0.3, 0.4) is 0 Å². The molecule has 0 aromatic carbocycles. The van der Waals surface area contributed by atoms with Crippen molar-refractivity contribution in [3.63, 3.8) is 0 Å². The average molecular weight is 240 g/mol. The Bertz CT molecular complexity index is 156. The van der Waals surface area contributed by atoms with Gasteiger partial charge in [-0.3, -0.25) is 0 Å². The minimum atomic E-state index is -0.137. The van der Waals surface area contributed by atoms with Crippen LogP contribution in [0.4, 0.5) is 0 Å². The first-order chi connectivity index (χ1) is 6.70. The Morgan fingerprint density at radius 1 is 1.43 bits per heavy atom. The molecule has 0 radical (unpaired) electrons. The normalized spacial score (nSPS) is 22.9. The summed E-state index contributed by atoms with van der Waals surface area (Å²) in [5, 5.41) is 3.38. The summed E-state index contributed by atoms with van der Waals surface area (Å²) in [5.41, 5.74) is -0.137. The minimum absolute atomic E-state index is 0.137. The fourth-order valence-electron chi connectivity index (χ4n) is 1.54. The zero-order valence-electron chi connectivity index (χ0n) is 8.69. The molecule has 1 atom stereocenters. The van der Waals surface area contributed by atoms with Crippen LogP contribution in [0.25, 0.3) is 0 Å². The van der Waals surface area contributed by atoms with E-state index in [1.807, 2.05) is 6.92 Å². The largest absolute Gasteiger partial charge is 0.378 e. The molecule has 1 N–H and O–H groups in total. The molecule has 4 heteroatoms. The van der Waals surface area contributed by atoms with Crippen molar-refractivity contribution in [3.8, 4) is 0 Å². The highest BCUT2D eigenvalue weighted by Gasteiger charge is 2.22. The van der Waals surface area contributed by atoms with E-state index in [-0.39, 0.29) is 5.54 Å². The van der Waals surface area contributed by atoms with E-state index >= 15 is 0 Å². The van der Waals surface area contributed by atoms with Crippen LogP contribution >= 0.6 is 23.2 Å². The third-order valence-electron chi connectivity index (χ3n) is 2.63. The molecule has 1 fully saturated rings. The smallest absolute Gasteiger partial charge is 0.0588 e. The van der Waals surface area contributed by atoms with Crippen LogP contribution in [-0.2, 0) is 4.74 Å². The summed E-state index contributed by atoms with van der Waals surface area (Å²) < 4.78 is 5.53. The first-order valence-electron chi connectivity index (χ1n) is 5.19. The van der Waals surface area contributed by atoms with Crippen molar-refractivity contribution in [1.82, 2.24) is 5.32 Å². The summed E-state index contributed by atoms with van der Waals surface area (Å²) in [4.78, 5) is 0. The zero-order valence-corrected chi connectivity index (χ0v) is 10.2. The highest BCUT2D eigenvalue weighted by atomic mass is 35.5. The molecule has 1 heterocycles. The summed E-state index contributed by atoms with van der Waals surface area (Å²) >= 11 is 11.7. The second-order valence-electron chi connectivity index (χ2n) is 4.18. The Hall–Kier alpha value is 0.500. The van der Waals surface area contributed by atoms with Crippen LogP contribution < -0.4 is 5.32 Å². The second kappa shape index (κ2) is 6.16. The Labute approximate surface area is 96.3 Å². The number of halogens is 2. The standard InChI is InChI=1S/C10H19Cl2NO/c1-10(7-11,8-12)13-5-4-9-3-2-6-14-9/h9,13H,2-8H2,1H3. The Morgan fingerprint density at radius 3 is 2.64 bits per heavy atom. The predicted molar refractivity (Wildman–Crippen MR) is 61.4 cm³/mol. The van der Waals surface area contributed by atoms with E-state index < -0.39 is 0 Å². The molecule has 84 valence electrons. The van der Waals surface area contributed by atoms with Gasteiger partial charge in [0.15, 0.2) is 0 Å². The predicted octanol–water partition coefficient (Wildman–Crippen LogP) is 2.38. The van der Waals surface area contributed by atoms with Crippen LogP contribution in [0.15, 0.2) is 0 Å². The molecule has 0 amide bonds.